The van der Waals surface area contributed by atoms with E-state index in [9.17, 15) is 22.4 Å². The number of anilines is 1. The predicted molar refractivity (Wildman–Crippen MR) is 133 cm³/mol. The van der Waals surface area contributed by atoms with Crippen molar-refractivity contribution >= 4 is 27.5 Å². The largest absolute Gasteiger partial charge is 0.347 e. The van der Waals surface area contributed by atoms with Gasteiger partial charge in [-0.25, -0.2) is 27.2 Å². The predicted octanol–water partition coefficient (Wildman–Crippen LogP) is 2.96. The summed E-state index contributed by atoms with van der Waals surface area (Å²) < 4.78 is 54.6. The van der Waals surface area contributed by atoms with Crippen molar-refractivity contribution in [2.45, 2.75) is 31.3 Å². The zero-order valence-electron chi connectivity index (χ0n) is 20.3. The summed E-state index contributed by atoms with van der Waals surface area (Å²) in [6.45, 7) is 1.60. The summed E-state index contributed by atoms with van der Waals surface area (Å²) in [6.07, 6.45) is 5.78. The number of carbonyl (C=O) groups is 2. The molecule has 0 bridgehead atoms. The Morgan fingerprint density at radius 1 is 1.08 bits per heavy atom. The van der Waals surface area contributed by atoms with Gasteiger partial charge in [0, 0.05) is 30.6 Å². The molecule has 1 heterocycles. The highest BCUT2D eigenvalue weighted by atomic mass is 32.2. The van der Waals surface area contributed by atoms with Crippen LogP contribution in [0.3, 0.4) is 0 Å². The van der Waals surface area contributed by atoms with Crippen molar-refractivity contribution in [3.05, 3.63) is 77.9 Å². The molecule has 0 spiro atoms. The summed E-state index contributed by atoms with van der Waals surface area (Å²) in [5.41, 5.74) is -0.446. The van der Waals surface area contributed by atoms with Crippen molar-refractivity contribution in [3.8, 4) is 11.1 Å². The Balaban J connectivity index is 1.53. The molecule has 0 radical (unpaired) electrons. The van der Waals surface area contributed by atoms with Crippen LogP contribution < -0.4 is 14.9 Å². The van der Waals surface area contributed by atoms with Gasteiger partial charge in [0.05, 0.1) is 23.5 Å². The standard InChI is InChI=1S/C25H25F2N5O4S/c1-15(30-24(34)25(9-10-25)31-23(33)17-12-28-14-29-13-17)18-8-7-16(11-21(18)27)19-5-4-6-20(26)22(19)32(2)37(3,35)36/h4-8,11-15H,9-10H2,1-3H3,(H,30,34)(H,31,33)/t15-/m1/s1. The number of amides is 2. The molecule has 1 aliphatic carbocycles. The Kier molecular flexibility index (Phi) is 6.96. The van der Waals surface area contributed by atoms with Crippen LogP contribution in [-0.4, -0.2) is 49.0 Å². The number of aromatic nitrogens is 2. The molecule has 2 aromatic carbocycles. The summed E-state index contributed by atoms with van der Waals surface area (Å²) in [7, 11) is -2.55. The molecule has 2 amide bonds. The second-order valence-corrected chi connectivity index (χ2v) is 11.0. The monoisotopic (exact) mass is 529 g/mol. The van der Waals surface area contributed by atoms with Crippen molar-refractivity contribution in [3.63, 3.8) is 0 Å². The topological polar surface area (TPSA) is 121 Å². The lowest BCUT2D eigenvalue weighted by Crippen LogP contribution is -2.49. The van der Waals surface area contributed by atoms with Crippen LogP contribution in [0.1, 0.15) is 41.7 Å². The van der Waals surface area contributed by atoms with E-state index in [2.05, 4.69) is 20.6 Å². The van der Waals surface area contributed by atoms with Crippen LogP contribution in [0.5, 0.6) is 0 Å². The highest BCUT2D eigenvalue weighted by molar-refractivity contribution is 7.92. The van der Waals surface area contributed by atoms with Gasteiger partial charge < -0.3 is 10.6 Å². The Morgan fingerprint density at radius 3 is 2.35 bits per heavy atom. The summed E-state index contributed by atoms with van der Waals surface area (Å²) in [6, 6.07) is 7.42. The van der Waals surface area contributed by atoms with Crippen LogP contribution in [-0.2, 0) is 14.8 Å². The van der Waals surface area contributed by atoms with E-state index in [0.29, 0.717) is 12.8 Å². The third kappa shape index (κ3) is 5.43. The minimum absolute atomic E-state index is 0.171. The molecule has 37 heavy (non-hydrogen) atoms. The van der Waals surface area contributed by atoms with Crippen molar-refractivity contribution in [2.75, 3.05) is 17.6 Å². The number of hydrogen-bond acceptors (Lipinski definition) is 6. The Hall–Kier alpha value is -3.93. The maximum atomic E-state index is 15.2. The third-order valence-corrected chi connectivity index (χ3v) is 7.46. The van der Waals surface area contributed by atoms with E-state index in [1.54, 1.807) is 6.92 Å². The van der Waals surface area contributed by atoms with E-state index in [4.69, 9.17) is 0 Å². The van der Waals surface area contributed by atoms with Gasteiger partial charge in [-0.2, -0.15) is 0 Å². The number of hydrogen-bond donors (Lipinski definition) is 2. The van der Waals surface area contributed by atoms with E-state index in [1.807, 2.05) is 0 Å². The number of rotatable bonds is 8. The number of benzene rings is 2. The molecule has 12 heteroatoms. The average Bonchev–Trinajstić information content (AvgIpc) is 3.64. The van der Waals surface area contributed by atoms with Crippen LogP contribution in [0.2, 0.25) is 0 Å². The van der Waals surface area contributed by atoms with Crippen LogP contribution >= 0.6 is 0 Å². The van der Waals surface area contributed by atoms with Gasteiger partial charge in [0.25, 0.3) is 5.91 Å². The number of nitrogens with zero attached hydrogens (tertiary/aromatic N) is 3. The molecule has 1 aliphatic rings. The lowest BCUT2D eigenvalue weighted by Gasteiger charge is -2.23. The van der Waals surface area contributed by atoms with E-state index in [1.165, 1.54) is 50.0 Å². The smallest absolute Gasteiger partial charge is 0.255 e. The molecule has 194 valence electrons. The van der Waals surface area contributed by atoms with Gasteiger partial charge in [-0.05, 0) is 37.5 Å². The van der Waals surface area contributed by atoms with E-state index < -0.39 is 45.1 Å². The molecule has 4 rings (SSSR count). The van der Waals surface area contributed by atoms with Crippen LogP contribution in [0, 0.1) is 11.6 Å². The third-order valence-electron chi connectivity index (χ3n) is 6.28. The molecule has 9 nitrogen and oxygen atoms in total. The van der Waals surface area contributed by atoms with Crippen molar-refractivity contribution in [1.29, 1.82) is 0 Å². The second-order valence-electron chi connectivity index (χ2n) is 8.96. The molecule has 1 saturated carbocycles. The van der Waals surface area contributed by atoms with Gasteiger partial charge in [0.1, 0.15) is 23.5 Å². The number of carbonyl (C=O) groups excluding carboxylic acids is 2. The van der Waals surface area contributed by atoms with E-state index in [-0.39, 0.29) is 27.9 Å². The second kappa shape index (κ2) is 9.85. The molecular weight excluding hydrogens is 504 g/mol. The number of nitrogens with one attached hydrogen (secondary N) is 2. The summed E-state index contributed by atoms with van der Waals surface area (Å²) in [5.74, 6) is -2.37. The fraction of sp³-hybridized carbons (Fsp3) is 0.280. The number of halogens is 2. The maximum Gasteiger partial charge on any atom is 0.255 e. The summed E-state index contributed by atoms with van der Waals surface area (Å²) in [5, 5.41) is 5.45. The van der Waals surface area contributed by atoms with Crippen LogP contribution in [0.25, 0.3) is 11.1 Å². The Labute approximate surface area is 213 Å². The highest BCUT2D eigenvalue weighted by Gasteiger charge is 2.51. The van der Waals surface area contributed by atoms with Gasteiger partial charge in [0.2, 0.25) is 15.9 Å². The van der Waals surface area contributed by atoms with Gasteiger partial charge in [0.15, 0.2) is 0 Å². The van der Waals surface area contributed by atoms with Gasteiger partial charge >= 0.3 is 0 Å². The van der Waals surface area contributed by atoms with E-state index in [0.717, 1.165) is 22.7 Å². The van der Waals surface area contributed by atoms with Crippen molar-refractivity contribution in [2.24, 2.45) is 0 Å². The van der Waals surface area contributed by atoms with Crippen molar-refractivity contribution < 1.29 is 26.8 Å². The molecule has 3 aromatic rings. The van der Waals surface area contributed by atoms with Gasteiger partial charge in [-0.1, -0.05) is 24.3 Å². The molecular formula is C25H25F2N5O4S. The average molecular weight is 530 g/mol. The Morgan fingerprint density at radius 2 is 1.76 bits per heavy atom. The molecule has 1 fully saturated rings. The summed E-state index contributed by atoms with van der Waals surface area (Å²) >= 11 is 0. The maximum absolute atomic E-state index is 15.2. The highest BCUT2D eigenvalue weighted by Crippen LogP contribution is 2.38. The molecule has 0 saturated heterocycles. The van der Waals surface area contributed by atoms with E-state index >= 15 is 4.39 Å². The molecule has 0 unspecified atom stereocenters. The quantitative estimate of drug-likeness (QED) is 0.463. The minimum Gasteiger partial charge on any atom is -0.347 e. The zero-order valence-corrected chi connectivity index (χ0v) is 21.1. The SMILES string of the molecule is C[C@@H](NC(=O)C1(NC(=O)c2cncnc2)CC1)c1ccc(-c2cccc(F)c2N(C)S(C)(=O)=O)cc1F. The first-order valence-electron chi connectivity index (χ1n) is 11.3. The minimum atomic E-state index is -3.77. The molecule has 0 aliphatic heterocycles. The zero-order chi connectivity index (χ0) is 27.0. The first kappa shape index (κ1) is 26.1. The number of sulfonamides is 1. The van der Waals surface area contributed by atoms with Crippen molar-refractivity contribution in [1.82, 2.24) is 20.6 Å². The number of para-hydroxylation sites is 1. The first-order valence-corrected chi connectivity index (χ1v) is 13.2. The van der Waals surface area contributed by atoms with Gasteiger partial charge in [-0.3, -0.25) is 13.9 Å². The first-order chi connectivity index (χ1) is 17.4. The molecule has 1 atom stereocenters. The fourth-order valence-corrected chi connectivity index (χ4v) is 4.45. The Bertz CT molecular complexity index is 1460. The fourth-order valence-electron chi connectivity index (χ4n) is 3.93. The normalized spacial score (nSPS) is 14.9. The summed E-state index contributed by atoms with van der Waals surface area (Å²) in [4.78, 5) is 33.0. The lowest BCUT2D eigenvalue weighted by molar-refractivity contribution is -0.124. The van der Waals surface area contributed by atoms with Crippen LogP contribution in [0.15, 0.2) is 55.1 Å². The van der Waals surface area contributed by atoms with Gasteiger partial charge in [-0.15, -0.1) is 0 Å². The molecule has 1 aromatic heterocycles. The van der Waals surface area contributed by atoms with Crippen LogP contribution in [0.4, 0.5) is 14.5 Å². The lowest BCUT2D eigenvalue weighted by atomic mass is 9.99. The molecule has 2 N–H and O–H groups in total.